The van der Waals surface area contributed by atoms with E-state index in [0.29, 0.717) is 27.3 Å². The van der Waals surface area contributed by atoms with Crippen molar-refractivity contribution in [2.75, 3.05) is 6.26 Å². The van der Waals surface area contributed by atoms with Crippen LogP contribution in [0.15, 0.2) is 86.5 Å². The quantitative estimate of drug-likeness (QED) is 0.297. The van der Waals surface area contributed by atoms with E-state index < -0.39 is 25.5 Å². The van der Waals surface area contributed by atoms with Crippen molar-refractivity contribution in [3.63, 3.8) is 0 Å². The van der Waals surface area contributed by atoms with Crippen LogP contribution in [0.1, 0.15) is 5.56 Å². The zero-order chi connectivity index (χ0) is 23.8. The van der Waals surface area contributed by atoms with Gasteiger partial charge >= 0.3 is 0 Å². The molecule has 0 aliphatic heterocycles. The molecule has 4 rings (SSSR count). The van der Waals surface area contributed by atoms with Gasteiger partial charge in [-0.2, -0.15) is 0 Å². The third-order valence-electron chi connectivity index (χ3n) is 4.81. The summed E-state index contributed by atoms with van der Waals surface area (Å²) in [7, 11) is -7.14. The molecule has 3 aromatic carbocycles. The van der Waals surface area contributed by atoms with Gasteiger partial charge in [-0.1, -0.05) is 52.3 Å². The molecule has 0 radical (unpaired) electrons. The monoisotopic (exact) mass is 565 g/mol. The normalized spacial score (nSPS) is 12.1. The largest absolute Gasteiger partial charge is 0.224 e. The van der Waals surface area contributed by atoms with Gasteiger partial charge in [-0.05, 0) is 47.5 Å². The Bertz CT molecular complexity index is 1510. The highest BCUT2D eigenvalue weighted by molar-refractivity contribution is 9.10. The summed E-state index contributed by atoms with van der Waals surface area (Å²) >= 11 is 4.34. The first-order valence-corrected chi connectivity index (χ1v) is 14.7. The zero-order valence-corrected chi connectivity index (χ0v) is 21.2. The van der Waals surface area contributed by atoms with Gasteiger partial charge in [0.15, 0.2) is 9.84 Å². The van der Waals surface area contributed by atoms with Gasteiger partial charge in [0.05, 0.1) is 21.2 Å². The number of thiazole rings is 1. The summed E-state index contributed by atoms with van der Waals surface area (Å²) in [4.78, 5) is 5.13. The lowest BCUT2D eigenvalue weighted by Gasteiger charge is -2.04. The van der Waals surface area contributed by atoms with Gasteiger partial charge in [0.2, 0.25) is 14.2 Å². The molecule has 5 nitrogen and oxygen atoms in total. The van der Waals surface area contributed by atoms with Crippen LogP contribution in [0.3, 0.4) is 0 Å². The second-order valence-corrected chi connectivity index (χ2v) is 13.4. The number of hydrogen-bond donors (Lipinski definition) is 0. The predicted molar refractivity (Wildman–Crippen MR) is 131 cm³/mol. The van der Waals surface area contributed by atoms with Gasteiger partial charge in [0.1, 0.15) is 5.82 Å². The topological polar surface area (TPSA) is 81.2 Å². The molecule has 0 saturated carbocycles. The van der Waals surface area contributed by atoms with Crippen molar-refractivity contribution in [1.82, 2.24) is 4.98 Å². The number of sulfone groups is 2. The van der Waals surface area contributed by atoms with Crippen LogP contribution in [0.4, 0.5) is 4.39 Å². The number of aromatic nitrogens is 1. The molecule has 10 heteroatoms. The lowest BCUT2D eigenvalue weighted by Crippen LogP contribution is -2.04. The van der Waals surface area contributed by atoms with Crippen LogP contribution in [0.5, 0.6) is 0 Å². The van der Waals surface area contributed by atoms with Crippen molar-refractivity contribution in [2.45, 2.75) is 15.0 Å². The molecule has 33 heavy (non-hydrogen) atoms. The summed E-state index contributed by atoms with van der Waals surface area (Å²) in [5.41, 5.74) is 2.18. The summed E-state index contributed by atoms with van der Waals surface area (Å²) in [6.45, 7) is 0. The molecule has 0 aliphatic rings. The highest BCUT2D eigenvalue weighted by atomic mass is 79.9. The molecular weight excluding hydrogens is 549 g/mol. The number of nitrogens with zero attached hydrogens (tertiary/aromatic N) is 1. The molecule has 0 spiro atoms. The van der Waals surface area contributed by atoms with Crippen molar-refractivity contribution in [1.29, 1.82) is 0 Å². The van der Waals surface area contributed by atoms with Crippen molar-refractivity contribution < 1.29 is 21.2 Å². The summed E-state index contributed by atoms with van der Waals surface area (Å²) in [5, 5.41) is 0. The highest BCUT2D eigenvalue weighted by Gasteiger charge is 2.25. The Morgan fingerprint density at radius 1 is 0.848 bits per heavy atom. The van der Waals surface area contributed by atoms with E-state index in [2.05, 4.69) is 20.9 Å². The summed E-state index contributed by atoms with van der Waals surface area (Å²) in [6, 6.07) is 18.8. The number of hydrogen-bond acceptors (Lipinski definition) is 6. The summed E-state index contributed by atoms with van der Waals surface area (Å²) < 4.78 is 64.2. The summed E-state index contributed by atoms with van der Waals surface area (Å²) in [5.74, 6) is -0.631. The maximum absolute atomic E-state index is 13.5. The van der Waals surface area contributed by atoms with Gasteiger partial charge in [0.25, 0.3) is 0 Å². The minimum absolute atomic E-state index is 0.0630. The van der Waals surface area contributed by atoms with Crippen molar-refractivity contribution in [3.05, 3.63) is 88.6 Å². The van der Waals surface area contributed by atoms with E-state index in [1.54, 1.807) is 48.5 Å². The molecule has 1 aromatic heterocycles. The van der Waals surface area contributed by atoms with E-state index in [-0.39, 0.29) is 15.0 Å². The summed E-state index contributed by atoms with van der Waals surface area (Å²) in [6.07, 6.45) is 1.11. The SMILES string of the molecule is CS(=O)(=O)c1ccc(-c2nc(S(=O)(=O)Cc3ccc(Br)cc3)sc2-c2ccc(F)cc2)cc1. The number of halogens is 2. The predicted octanol–water partition coefficient (Wildman–Crippen LogP) is 5.76. The van der Waals surface area contributed by atoms with Gasteiger partial charge in [-0.15, -0.1) is 11.3 Å². The third-order valence-corrected chi connectivity index (χ3v) is 9.71. The molecule has 0 amide bonds. The van der Waals surface area contributed by atoms with Crippen molar-refractivity contribution in [3.8, 4) is 21.7 Å². The number of benzene rings is 3. The maximum atomic E-state index is 13.5. The number of rotatable bonds is 6. The average molecular weight is 566 g/mol. The van der Waals surface area contributed by atoms with E-state index in [1.165, 1.54) is 24.3 Å². The fraction of sp³-hybridized carbons (Fsp3) is 0.0870. The Kier molecular flexibility index (Phi) is 6.54. The first kappa shape index (κ1) is 23.7. The van der Waals surface area contributed by atoms with Gasteiger partial charge in [-0.25, -0.2) is 26.2 Å². The van der Waals surface area contributed by atoms with Gasteiger partial charge in [0, 0.05) is 16.3 Å². The molecule has 170 valence electrons. The second kappa shape index (κ2) is 9.09. The van der Waals surface area contributed by atoms with Crippen LogP contribution in [0, 0.1) is 5.82 Å². The second-order valence-electron chi connectivity index (χ2n) is 7.35. The van der Waals surface area contributed by atoms with E-state index in [0.717, 1.165) is 22.1 Å². The first-order valence-electron chi connectivity index (χ1n) is 9.57. The van der Waals surface area contributed by atoms with E-state index in [9.17, 15) is 21.2 Å². The first-order chi connectivity index (χ1) is 15.5. The van der Waals surface area contributed by atoms with E-state index >= 15 is 0 Å². The molecule has 1 heterocycles. The minimum Gasteiger partial charge on any atom is -0.224 e. The van der Waals surface area contributed by atoms with Gasteiger partial charge in [-0.3, -0.25) is 0 Å². The molecule has 0 bridgehead atoms. The Morgan fingerprint density at radius 3 is 2.00 bits per heavy atom. The average Bonchev–Trinajstić information content (AvgIpc) is 3.22. The fourth-order valence-electron chi connectivity index (χ4n) is 3.15. The van der Waals surface area contributed by atoms with Crippen LogP contribution in [-0.4, -0.2) is 28.1 Å². The van der Waals surface area contributed by atoms with E-state index in [4.69, 9.17) is 0 Å². The van der Waals surface area contributed by atoms with Crippen LogP contribution in [0.2, 0.25) is 0 Å². The lowest BCUT2D eigenvalue weighted by molar-refractivity contribution is 0.594. The molecule has 0 saturated heterocycles. The fourth-order valence-corrected chi connectivity index (χ4v) is 6.79. The maximum Gasteiger partial charge on any atom is 0.210 e. The molecule has 0 unspecified atom stereocenters. The third kappa shape index (κ3) is 5.40. The standard InChI is InChI=1S/C23H17BrFNO4S3/c1-32(27,28)20-12-6-16(7-13-20)21-22(17-4-10-19(25)11-5-17)31-23(26-21)33(29,30)14-15-2-8-18(24)9-3-15/h2-13H,14H2,1H3. The smallest absolute Gasteiger partial charge is 0.210 e. The van der Waals surface area contributed by atoms with Crippen LogP contribution in [-0.2, 0) is 25.4 Å². The Hall–Kier alpha value is -2.40. The molecule has 4 aromatic rings. The van der Waals surface area contributed by atoms with Crippen molar-refractivity contribution in [2.24, 2.45) is 0 Å². The van der Waals surface area contributed by atoms with Crippen LogP contribution >= 0.6 is 27.3 Å². The zero-order valence-electron chi connectivity index (χ0n) is 17.2. The molecule has 0 atom stereocenters. The molecule has 0 aliphatic carbocycles. The molecule has 0 N–H and O–H groups in total. The molecular formula is C23H17BrFNO4S3. The Labute approximate surface area is 203 Å². The van der Waals surface area contributed by atoms with Crippen molar-refractivity contribution >= 4 is 46.9 Å². The highest BCUT2D eigenvalue weighted by Crippen LogP contribution is 2.39. The van der Waals surface area contributed by atoms with Crippen LogP contribution < -0.4 is 0 Å². The minimum atomic E-state index is -3.76. The molecule has 0 fully saturated rings. The Balaban J connectivity index is 1.81. The van der Waals surface area contributed by atoms with Crippen LogP contribution in [0.25, 0.3) is 21.7 Å². The van der Waals surface area contributed by atoms with E-state index in [1.807, 2.05) is 0 Å². The lowest BCUT2D eigenvalue weighted by atomic mass is 10.1. The van der Waals surface area contributed by atoms with Gasteiger partial charge < -0.3 is 0 Å². The Morgan fingerprint density at radius 2 is 1.42 bits per heavy atom.